The van der Waals surface area contributed by atoms with E-state index in [1.54, 1.807) is 6.92 Å². The summed E-state index contributed by atoms with van der Waals surface area (Å²) < 4.78 is 18.1. The van der Waals surface area contributed by atoms with Crippen molar-refractivity contribution >= 4 is 21.9 Å². The third-order valence-corrected chi connectivity index (χ3v) is 3.10. The number of halogens is 2. The first kappa shape index (κ1) is 14.4. The topological polar surface area (TPSA) is 72.0 Å². The molecule has 0 fully saturated rings. The lowest BCUT2D eigenvalue weighted by molar-refractivity contribution is 0.0524. The Kier molecular flexibility index (Phi) is 4.29. The number of carbonyl (C=O) groups is 1. The Hall–Kier alpha value is -2.02. The first-order chi connectivity index (χ1) is 9.52. The predicted octanol–water partition coefficient (Wildman–Crippen LogP) is 2.52. The third-order valence-electron chi connectivity index (χ3n) is 2.49. The molecule has 1 aromatic carbocycles. The zero-order chi connectivity index (χ0) is 14.7. The quantitative estimate of drug-likeness (QED) is 0.871. The number of H-pyrrole nitrogens is 1. The van der Waals surface area contributed by atoms with Crippen molar-refractivity contribution in [1.82, 2.24) is 9.97 Å². The van der Waals surface area contributed by atoms with Crippen LogP contribution < -0.4 is 5.56 Å². The Balaban J connectivity index is 2.40. The van der Waals surface area contributed by atoms with Crippen LogP contribution in [0.5, 0.6) is 0 Å². The molecule has 1 heterocycles. The van der Waals surface area contributed by atoms with Gasteiger partial charge in [-0.1, -0.05) is 0 Å². The summed E-state index contributed by atoms with van der Waals surface area (Å²) >= 11 is 3.05. The van der Waals surface area contributed by atoms with Crippen molar-refractivity contribution in [3.63, 3.8) is 0 Å². The molecule has 1 N–H and O–H groups in total. The van der Waals surface area contributed by atoms with Crippen molar-refractivity contribution in [3.8, 4) is 11.4 Å². The fourth-order valence-electron chi connectivity index (χ4n) is 1.54. The SMILES string of the molecule is CCOC(=O)c1cnc(-c2ccc(F)c(Br)c2)[nH]c1=O. The normalized spacial score (nSPS) is 10.3. The van der Waals surface area contributed by atoms with Crippen LogP contribution in [0.25, 0.3) is 11.4 Å². The highest BCUT2D eigenvalue weighted by atomic mass is 79.9. The van der Waals surface area contributed by atoms with E-state index < -0.39 is 17.3 Å². The van der Waals surface area contributed by atoms with Crippen molar-refractivity contribution < 1.29 is 13.9 Å². The number of rotatable bonds is 3. The van der Waals surface area contributed by atoms with Crippen molar-refractivity contribution in [2.24, 2.45) is 0 Å². The van der Waals surface area contributed by atoms with E-state index in [2.05, 4.69) is 25.9 Å². The molecule has 0 spiro atoms. The van der Waals surface area contributed by atoms with Gasteiger partial charge in [-0.25, -0.2) is 14.2 Å². The minimum absolute atomic E-state index is 0.170. The van der Waals surface area contributed by atoms with Crippen LogP contribution in [0.1, 0.15) is 17.3 Å². The summed E-state index contributed by atoms with van der Waals surface area (Å²) in [6.07, 6.45) is 1.14. The van der Waals surface area contributed by atoms with Gasteiger partial charge in [0.1, 0.15) is 17.2 Å². The van der Waals surface area contributed by atoms with Crippen LogP contribution in [-0.2, 0) is 4.74 Å². The van der Waals surface area contributed by atoms with Gasteiger partial charge >= 0.3 is 5.97 Å². The Morgan fingerprint density at radius 2 is 2.25 bits per heavy atom. The van der Waals surface area contributed by atoms with Gasteiger partial charge in [0.2, 0.25) is 0 Å². The van der Waals surface area contributed by atoms with E-state index in [1.807, 2.05) is 0 Å². The van der Waals surface area contributed by atoms with Crippen LogP contribution in [0.2, 0.25) is 0 Å². The van der Waals surface area contributed by atoms with Crippen molar-refractivity contribution in [2.45, 2.75) is 6.92 Å². The molecule has 0 aliphatic heterocycles. The van der Waals surface area contributed by atoms with E-state index in [0.717, 1.165) is 6.20 Å². The monoisotopic (exact) mass is 340 g/mol. The molecule has 0 aliphatic rings. The summed E-state index contributed by atoms with van der Waals surface area (Å²) in [5, 5.41) is 0. The maximum atomic E-state index is 13.1. The molecule has 2 rings (SSSR count). The average Bonchev–Trinajstić information content (AvgIpc) is 2.42. The van der Waals surface area contributed by atoms with E-state index in [9.17, 15) is 14.0 Å². The average molecular weight is 341 g/mol. The molecular formula is C13H10BrFN2O3. The van der Waals surface area contributed by atoms with Gasteiger partial charge in [0.15, 0.2) is 0 Å². The van der Waals surface area contributed by atoms with Gasteiger partial charge in [-0.3, -0.25) is 4.79 Å². The van der Waals surface area contributed by atoms with Crippen molar-refractivity contribution in [3.05, 3.63) is 50.6 Å². The molecule has 0 bridgehead atoms. The van der Waals surface area contributed by atoms with E-state index in [4.69, 9.17) is 4.74 Å². The molecule has 0 unspecified atom stereocenters. The van der Waals surface area contributed by atoms with Gasteiger partial charge in [0.05, 0.1) is 11.1 Å². The Morgan fingerprint density at radius 1 is 1.50 bits per heavy atom. The first-order valence-electron chi connectivity index (χ1n) is 5.74. The fourth-order valence-corrected chi connectivity index (χ4v) is 1.92. The fraction of sp³-hybridized carbons (Fsp3) is 0.154. The van der Waals surface area contributed by atoms with Gasteiger partial charge in [0.25, 0.3) is 5.56 Å². The lowest BCUT2D eigenvalue weighted by Gasteiger charge is -2.04. The number of nitrogens with zero attached hydrogens (tertiary/aromatic N) is 1. The number of aromatic amines is 1. The van der Waals surface area contributed by atoms with E-state index in [0.29, 0.717) is 5.56 Å². The number of esters is 1. The Bertz CT molecular complexity index is 715. The van der Waals surface area contributed by atoms with Crippen LogP contribution in [0, 0.1) is 5.82 Å². The van der Waals surface area contributed by atoms with E-state index in [-0.39, 0.29) is 22.5 Å². The summed E-state index contributed by atoms with van der Waals surface area (Å²) in [6.45, 7) is 1.81. The van der Waals surface area contributed by atoms with Gasteiger partial charge in [0, 0.05) is 11.8 Å². The summed E-state index contributed by atoms with van der Waals surface area (Å²) in [4.78, 5) is 29.7. The zero-order valence-corrected chi connectivity index (χ0v) is 12.0. The van der Waals surface area contributed by atoms with Crippen LogP contribution in [0.3, 0.4) is 0 Å². The molecule has 2 aromatic rings. The smallest absolute Gasteiger partial charge is 0.345 e. The summed E-state index contributed by atoms with van der Waals surface area (Å²) in [7, 11) is 0. The minimum atomic E-state index is -0.729. The highest BCUT2D eigenvalue weighted by molar-refractivity contribution is 9.10. The number of hydrogen-bond acceptors (Lipinski definition) is 4. The molecular weight excluding hydrogens is 331 g/mol. The van der Waals surface area contributed by atoms with Gasteiger partial charge < -0.3 is 9.72 Å². The van der Waals surface area contributed by atoms with Gasteiger partial charge in [-0.15, -0.1) is 0 Å². The number of benzene rings is 1. The molecule has 0 atom stereocenters. The third kappa shape index (κ3) is 2.93. The second-order valence-electron chi connectivity index (χ2n) is 3.82. The lowest BCUT2D eigenvalue weighted by Crippen LogP contribution is -2.20. The number of hydrogen-bond donors (Lipinski definition) is 1. The molecule has 0 saturated carbocycles. The van der Waals surface area contributed by atoms with Gasteiger partial charge in [-0.05, 0) is 41.1 Å². The summed E-state index contributed by atoms with van der Waals surface area (Å²) in [5.74, 6) is -0.906. The number of carbonyl (C=O) groups excluding carboxylic acids is 1. The second kappa shape index (κ2) is 5.96. The van der Waals surface area contributed by atoms with Crippen LogP contribution in [0.4, 0.5) is 4.39 Å². The van der Waals surface area contributed by atoms with Crippen LogP contribution in [-0.4, -0.2) is 22.5 Å². The Morgan fingerprint density at radius 3 is 2.85 bits per heavy atom. The zero-order valence-electron chi connectivity index (χ0n) is 10.4. The summed E-state index contributed by atoms with van der Waals surface area (Å²) in [6, 6.07) is 4.21. The van der Waals surface area contributed by atoms with Crippen molar-refractivity contribution in [2.75, 3.05) is 6.61 Å². The van der Waals surface area contributed by atoms with Crippen LogP contribution in [0.15, 0.2) is 33.7 Å². The molecule has 0 radical (unpaired) electrons. The standard InChI is InChI=1S/C13H10BrFN2O3/c1-2-20-13(19)8-6-16-11(17-12(8)18)7-3-4-10(15)9(14)5-7/h3-6H,2H2,1H3,(H,16,17,18). The Labute approximate surface area is 121 Å². The largest absolute Gasteiger partial charge is 0.462 e. The van der Waals surface area contributed by atoms with E-state index in [1.165, 1.54) is 18.2 Å². The van der Waals surface area contributed by atoms with E-state index >= 15 is 0 Å². The second-order valence-corrected chi connectivity index (χ2v) is 4.68. The molecule has 0 saturated heterocycles. The molecule has 1 aromatic heterocycles. The summed E-state index contributed by atoms with van der Waals surface area (Å²) in [5.41, 5.74) is -0.253. The minimum Gasteiger partial charge on any atom is -0.462 e. The molecule has 0 amide bonds. The highest BCUT2D eigenvalue weighted by Crippen LogP contribution is 2.22. The molecule has 104 valence electrons. The predicted molar refractivity (Wildman–Crippen MR) is 73.9 cm³/mol. The molecule has 20 heavy (non-hydrogen) atoms. The number of nitrogens with one attached hydrogen (secondary N) is 1. The molecule has 7 heteroatoms. The maximum absolute atomic E-state index is 13.1. The number of aromatic nitrogens is 2. The lowest BCUT2D eigenvalue weighted by atomic mass is 10.2. The first-order valence-corrected chi connectivity index (χ1v) is 6.54. The van der Waals surface area contributed by atoms with Crippen molar-refractivity contribution in [1.29, 1.82) is 0 Å². The highest BCUT2D eigenvalue weighted by Gasteiger charge is 2.13. The maximum Gasteiger partial charge on any atom is 0.345 e. The van der Waals surface area contributed by atoms with Gasteiger partial charge in [-0.2, -0.15) is 0 Å². The molecule has 0 aliphatic carbocycles. The number of ether oxygens (including phenoxy) is 1. The molecule has 5 nitrogen and oxygen atoms in total. The van der Waals surface area contributed by atoms with Crippen LogP contribution >= 0.6 is 15.9 Å².